The molecule has 1 aliphatic heterocycles. The molecular formula is C28H31ClN2O8. The van der Waals surface area contributed by atoms with Crippen molar-refractivity contribution in [2.45, 2.75) is 50.7 Å². The Morgan fingerprint density at radius 2 is 1.85 bits per heavy atom. The first-order valence-electron chi connectivity index (χ1n) is 12.6. The highest BCUT2D eigenvalue weighted by molar-refractivity contribution is 6.36. The average molecular weight is 559 g/mol. The number of nitrogens with zero attached hydrogens (tertiary/aromatic N) is 1. The zero-order valence-corrected chi connectivity index (χ0v) is 22.4. The van der Waals surface area contributed by atoms with Gasteiger partial charge in [-0.1, -0.05) is 30.7 Å². The number of halogens is 1. The fraction of sp³-hybridized carbons (Fsp3) is 0.393. The van der Waals surface area contributed by atoms with Gasteiger partial charge in [0, 0.05) is 35.7 Å². The first kappa shape index (κ1) is 28.6. The molecule has 2 aromatic rings. The number of hydrogen-bond acceptors (Lipinski definition) is 8. The minimum Gasteiger partial charge on any atom is -0.493 e. The quantitative estimate of drug-likeness (QED) is 0.321. The van der Waals surface area contributed by atoms with E-state index in [-0.39, 0.29) is 38.3 Å². The summed E-state index contributed by atoms with van der Waals surface area (Å²) in [6, 6.07) is 8.90. The molecule has 2 amide bonds. The molecule has 0 bridgehead atoms. The van der Waals surface area contributed by atoms with Gasteiger partial charge in [0.15, 0.2) is 11.5 Å². The van der Waals surface area contributed by atoms with Gasteiger partial charge in [0.1, 0.15) is 12.2 Å². The number of aliphatic hydroxyl groups excluding tert-OH is 3. The van der Waals surface area contributed by atoms with E-state index in [2.05, 4.69) is 5.32 Å². The lowest BCUT2D eigenvalue weighted by atomic mass is 9.77. The Bertz CT molecular complexity index is 1280. The molecule has 208 valence electrons. The lowest BCUT2D eigenvalue weighted by Crippen LogP contribution is -2.56. The second-order valence-electron chi connectivity index (χ2n) is 9.35. The SMILES string of the molecule is CCC(=O)C(=O)N(Cc1ccc(Cl)cc1)[C@@H]1C=C(C(=O)NCCO)[C@@H]2c3cc(CO)cc(OC)c3O[C@@H]2[C@H]1O. The first-order valence-corrected chi connectivity index (χ1v) is 13.0. The molecule has 0 saturated carbocycles. The molecule has 0 spiro atoms. The summed E-state index contributed by atoms with van der Waals surface area (Å²) in [6.07, 6.45) is -0.905. The second-order valence-corrected chi connectivity index (χ2v) is 9.79. The molecular weight excluding hydrogens is 528 g/mol. The van der Waals surface area contributed by atoms with Crippen LogP contribution in [-0.2, 0) is 27.5 Å². The number of fused-ring (bicyclic) bond motifs is 3. The molecule has 39 heavy (non-hydrogen) atoms. The zero-order valence-electron chi connectivity index (χ0n) is 21.6. The largest absolute Gasteiger partial charge is 0.493 e. The fourth-order valence-corrected chi connectivity index (χ4v) is 5.16. The van der Waals surface area contributed by atoms with Crippen LogP contribution >= 0.6 is 11.6 Å². The number of ketones is 1. The van der Waals surface area contributed by atoms with Gasteiger partial charge in [0.05, 0.1) is 32.3 Å². The van der Waals surface area contributed by atoms with Crippen LogP contribution in [0.3, 0.4) is 0 Å². The number of aliphatic hydroxyl groups is 3. The zero-order chi connectivity index (χ0) is 28.3. The molecule has 11 heteroatoms. The minimum atomic E-state index is -1.33. The van der Waals surface area contributed by atoms with Crippen molar-refractivity contribution in [1.82, 2.24) is 10.2 Å². The molecule has 0 radical (unpaired) electrons. The van der Waals surface area contributed by atoms with Gasteiger partial charge >= 0.3 is 0 Å². The average Bonchev–Trinajstić information content (AvgIpc) is 3.34. The minimum absolute atomic E-state index is 0.0176. The van der Waals surface area contributed by atoms with Gasteiger partial charge in [-0.25, -0.2) is 0 Å². The van der Waals surface area contributed by atoms with E-state index in [9.17, 15) is 29.7 Å². The molecule has 0 aromatic heterocycles. The monoisotopic (exact) mass is 558 g/mol. The maximum atomic E-state index is 13.4. The predicted octanol–water partition coefficient (Wildman–Crippen LogP) is 1.47. The summed E-state index contributed by atoms with van der Waals surface area (Å²) in [4.78, 5) is 40.5. The van der Waals surface area contributed by atoms with Crippen molar-refractivity contribution in [1.29, 1.82) is 0 Å². The first-order chi connectivity index (χ1) is 18.7. The normalized spacial score (nSPS) is 21.2. The summed E-state index contributed by atoms with van der Waals surface area (Å²) in [7, 11) is 1.44. The van der Waals surface area contributed by atoms with E-state index < -0.39 is 41.8 Å². The Labute approximate surface area is 230 Å². The maximum Gasteiger partial charge on any atom is 0.290 e. The van der Waals surface area contributed by atoms with E-state index in [1.165, 1.54) is 18.1 Å². The highest BCUT2D eigenvalue weighted by Crippen LogP contribution is 2.51. The number of methoxy groups -OCH3 is 1. The molecule has 0 saturated heterocycles. The van der Waals surface area contributed by atoms with Crippen LogP contribution in [0.4, 0.5) is 0 Å². The summed E-state index contributed by atoms with van der Waals surface area (Å²) in [5.41, 5.74) is 1.91. The van der Waals surface area contributed by atoms with Gasteiger partial charge in [0.25, 0.3) is 5.91 Å². The lowest BCUT2D eigenvalue weighted by molar-refractivity contribution is -0.148. The molecule has 0 unspecified atom stereocenters. The number of amides is 2. The van der Waals surface area contributed by atoms with Crippen LogP contribution in [0.15, 0.2) is 48.0 Å². The molecule has 2 aromatic carbocycles. The Balaban J connectivity index is 1.83. The van der Waals surface area contributed by atoms with Gasteiger partial charge in [-0.2, -0.15) is 0 Å². The highest BCUT2D eigenvalue weighted by Gasteiger charge is 2.51. The Kier molecular flexibility index (Phi) is 8.91. The van der Waals surface area contributed by atoms with E-state index >= 15 is 0 Å². The van der Waals surface area contributed by atoms with Crippen molar-refractivity contribution < 1.29 is 39.2 Å². The summed E-state index contributed by atoms with van der Waals surface area (Å²) in [6.45, 7) is 0.939. The highest BCUT2D eigenvalue weighted by atomic mass is 35.5. The lowest BCUT2D eigenvalue weighted by Gasteiger charge is -2.40. The van der Waals surface area contributed by atoms with E-state index in [4.69, 9.17) is 21.1 Å². The molecule has 0 fully saturated rings. The number of hydrogen-bond donors (Lipinski definition) is 4. The summed E-state index contributed by atoms with van der Waals surface area (Å²) in [5.74, 6) is -2.12. The number of nitrogens with one attached hydrogen (secondary N) is 1. The standard InChI is InChI=1S/C28H31ClN2O8/c1-3-21(34)28(37)31(13-15-4-6-17(29)7-5-15)20-12-19(27(36)30-8-9-32)23-18-10-16(14-33)11-22(38-2)25(18)39-26(23)24(20)35/h4-7,10-12,20,23-24,26,32-33,35H,3,8-9,13-14H2,1-2H3,(H,30,36)/t20-,23+,24+,26+/m1/s1. The van der Waals surface area contributed by atoms with E-state index in [1.807, 2.05) is 0 Å². The van der Waals surface area contributed by atoms with Crippen molar-refractivity contribution in [2.75, 3.05) is 20.3 Å². The number of rotatable bonds is 10. The third-order valence-electron chi connectivity index (χ3n) is 6.94. The number of ether oxygens (including phenoxy) is 2. The Morgan fingerprint density at radius 1 is 1.13 bits per heavy atom. The Hall–Kier alpha value is -3.44. The summed E-state index contributed by atoms with van der Waals surface area (Å²) >= 11 is 6.01. The molecule has 2 aliphatic rings. The number of carbonyl (C=O) groups is 3. The van der Waals surface area contributed by atoms with Crippen LogP contribution < -0.4 is 14.8 Å². The molecule has 4 N–H and O–H groups in total. The number of benzene rings is 2. The van der Waals surface area contributed by atoms with Gasteiger partial charge in [-0.3, -0.25) is 14.4 Å². The molecule has 4 rings (SSSR count). The van der Waals surface area contributed by atoms with Gasteiger partial charge < -0.3 is 35.0 Å². The van der Waals surface area contributed by atoms with Crippen LogP contribution in [0.5, 0.6) is 11.5 Å². The molecule has 10 nitrogen and oxygen atoms in total. The second kappa shape index (κ2) is 12.2. The Morgan fingerprint density at radius 3 is 2.46 bits per heavy atom. The van der Waals surface area contributed by atoms with E-state index in [0.29, 0.717) is 33.2 Å². The van der Waals surface area contributed by atoms with Gasteiger partial charge in [-0.05, 0) is 41.5 Å². The molecule has 4 atom stereocenters. The summed E-state index contributed by atoms with van der Waals surface area (Å²) < 4.78 is 11.6. The predicted molar refractivity (Wildman–Crippen MR) is 141 cm³/mol. The van der Waals surface area contributed by atoms with Crippen LogP contribution in [0.2, 0.25) is 5.02 Å². The van der Waals surface area contributed by atoms with Crippen LogP contribution in [0.25, 0.3) is 0 Å². The van der Waals surface area contributed by atoms with Crippen LogP contribution in [0.1, 0.15) is 36.0 Å². The van der Waals surface area contributed by atoms with Gasteiger partial charge in [-0.15, -0.1) is 0 Å². The fourth-order valence-electron chi connectivity index (χ4n) is 5.03. The van der Waals surface area contributed by atoms with Crippen LogP contribution in [0, 0.1) is 0 Å². The molecule has 1 heterocycles. The number of Topliss-reactive ketones (excluding diaryl/α,β-unsaturated/α-hetero) is 1. The van der Waals surface area contributed by atoms with E-state index in [1.54, 1.807) is 43.3 Å². The number of carbonyl (C=O) groups excluding carboxylic acids is 3. The van der Waals surface area contributed by atoms with Crippen molar-refractivity contribution in [3.05, 3.63) is 69.8 Å². The topological polar surface area (TPSA) is 146 Å². The van der Waals surface area contributed by atoms with Crippen LogP contribution in [-0.4, -0.2) is 76.3 Å². The van der Waals surface area contributed by atoms with Crippen molar-refractivity contribution in [2.24, 2.45) is 0 Å². The van der Waals surface area contributed by atoms with Crippen molar-refractivity contribution in [3.8, 4) is 11.5 Å². The van der Waals surface area contributed by atoms with Crippen molar-refractivity contribution in [3.63, 3.8) is 0 Å². The third kappa shape index (κ3) is 5.65. The van der Waals surface area contributed by atoms with E-state index in [0.717, 1.165) is 0 Å². The smallest absolute Gasteiger partial charge is 0.290 e. The third-order valence-corrected chi connectivity index (χ3v) is 7.19. The van der Waals surface area contributed by atoms with Gasteiger partial charge in [0.2, 0.25) is 11.7 Å². The molecule has 1 aliphatic carbocycles. The summed E-state index contributed by atoms with van der Waals surface area (Å²) in [5, 5.41) is 33.8. The maximum absolute atomic E-state index is 13.4. The van der Waals surface area contributed by atoms with Crippen molar-refractivity contribution >= 4 is 29.2 Å².